The van der Waals surface area contributed by atoms with E-state index in [4.69, 9.17) is 18.9 Å². The minimum atomic E-state index is -5.08. The molecular formula is C56H94O12S. The summed E-state index contributed by atoms with van der Waals surface area (Å²) < 4.78 is 59.2. The molecule has 396 valence electrons. The summed E-state index contributed by atoms with van der Waals surface area (Å²) in [4.78, 5) is 12.9. The Labute approximate surface area is 418 Å². The van der Waals surface area contributed by atoms with E-state index in [9.17, 15) is 33.1 Å². The molecule has 0 aliphatic carbocycles. The van der Waals surface area contributed by atoms with Crippen LogP contribution in [-0.4, -0.2) is 97.5 Å². The summed E-state index contributed by atoms with van der Waals surface area (Å²) in [7, 11) is -5.08. The molecule has 0 spiro atoms. The van der Waals surface area contributed by atoms with Crippen molar-refractivity contribution in [3.05, 3.63) is 97.2 Å². The predicted molar refractivity (Wildman–Crippen MR) is 280 cm³/mol. The van der Waals surface area contributed by atoms with Crippen LogP contribution in [0.3, 0.4) is 0 Å². The SMILES string of the molecule is CC/C=C\C/C=C\C/C=C\C/C=C\C/C=C\C/C=C\C/C=C\CCCCCC(=O)OC(COCCCCCCCC/C=C\CCCCCCCCC)COC1OC(CO)C(O)C(OS(=O)(=O)O)C1O. The van der Waals surface area contributed by atoms with E-state index < -0.39 is 59.8 Å². The second-order valence-electron chi connectivity index (χ2n) is 17.7. The molecule has 0 aromatic heterocycles. The van der Waals surface area contributed by atoms with Crippen LogP contribution in [-0.2, 0) is 38.3 Å². The van der Waals surface area contributed by atoms with E-state index in [2.05, 4.69) is 115 Å². The molecule has 1 fully saturated rings. The maximum absolute atomic E-state index is 12.9. The van der Waals surface area contributed by atoms with Gasteiger partial charge in [-0.25, -0.2) is 4.18 Å². The van der Waals surface area contributed by atoms with E-state index in [-0.39, 0.29) is 19.6 Å². The highest BCUT2D eigenvalue weighted by Crippen LogP contribution is 2.26. The zero-order valence-electron chi connectivity index (χ0n) is 42.6. The third kappa shape index (κ3) is 39.3. The van der Waals surface area contributed by atoms with E-state index in [1.54, 1.807) is 0 Å². The smallest absolute Gasteiger partial charge is 0.397 e. The lowest BCUT2D eigenvalue weighted by molar-refractivity contribution is -0.301. The van der Waals surface area contributed by atoms with Crippen molar-refractivity contribution in [2.24, 2.45) is 0 Å². The van der Waals surface area contributed by atoms with Crippen molar-refractivity contribution >= 4 is 16.4 Å². The average molecular weight is 991 g/mol. The molecule has 1 heterocycles. The molecule has 1 aliphatic heterocycles. The van der Waals surface area contributed by atoms with Gasteiger partial charge >= 0.3 is 16.4 Å². The van der Waals surface area contributed by atoms with Crippen molar-refractivity contribution in [2.45, 2.75) is 224 Å². The van der Waals surface area contributed by atoms with E-state index in [0.29, 0.717) is 13.0 Å². The van der Waals surface area contributed by atoms with E-state index >= 15 is 0 Å². The Morgan fingerprint density at radius 2 is 1.00 bits per heavy atom. The van der Waals surface area contributed by atoms with Crippen LogP contribution in [0.2, 0.25) is 0 Å². The van der Waals surface area contributed by atoms with Crippen LogP contribution >= 0.6 is 0 Å². The monoisotopic (exact) mass is 991 g/mol. The van der Waals surface area contributed by atoms with Gasteiger partial charge in [-0.3, -0.25) is 9.35 Å². The molecule has 13 heteroatoms. The highest BCUT2D eigenvalue weighted by atomic mass is 32.3. The lowest BCUT2D eigenvalue weighted by Gasteiger charge is -2.41. The van der Waals surface area contributed by atoms with Crippen molar-refractivity contribution in [1.82, 2.24) is 0 Å². The summed E-state index contributed by atoms with van der Waals surface area (Å²) in [5.41, 5.74) is 0. The number of allylic oxidation sites excluding steroid dienone is 16. The van der Waals surface area contributed by atoms with Crippen LogP contribution in [0.1, 0.15) is 187 Å². The molecule has 4 N–H and O–H groups in total. The Balaban J connectivity index is 2.40. The summed E-state index contributed by atoms with van der Waals surface area (Å²) >= 11 is 0. The molecule has 0 radical (unpaired) electrons. The van der Waals surface area contributed by atoms with Gasteiger partial charge in [0.25, 0.3) is 0 Å². The number of rotatable bonds is 45. The topological polar surface area (TPSA) is 178 Å². The van der Waals surface area contributed by atoms with Crippen LogP contribution in [0.5, 0.6) is 0 Å². The number of hydrogen-bond donors (Lipinski definition) is 4. The second-order valence-corrected chi connectivity index (χ2v) is 18.8. The first-order valence-corrected chi connectivity index (χ1v) is 27.9. The number of carbonyl (C=O) groups excluding carboxylic acids is 1. The van der Waals surface area contributed by atoms with Gasteiger partial charge in [0.1, 0.15) is 30.5 Å². The number of hydrogen-bond acceptors (Lipinski definition) is 11. The van der Waals surface area contributed by atoms with Crippen molar-refractivity contribution in [3.8, 4) is 0 Å². The van der Waals surface area contributed by atoms with E-state index in [1.165, 1.54) is 64.2 Å². The van der Waals surface area contributed by atoms with E-state index in [0.717, 1.165) is 96.3 Å². The molecular weight excluding hydrogens is 897 g/mol. The van der Waals surface area contributed by atoms with Crippen LogP contribution in [0.25, 0.3) is 0 Å². The fourth-order valence-corrected chi connectivity index (χ4v) is 7.98. The Bertz CT molecular complexity index is 1570. The number of carbonyl (C=O) groups is 1. The van der Waals surface area contributed by atoms with Crippen molar-refractivity contribution in [1.29, 1.82) is 0 Å². The minimum Gasteiger partial charge on any atom is -0.457 e. The fraction of sp³-hybridized carbons (Fsp3) is 0.696. The first-order chi connectivity index (χ1) is 33.6. The molecule has 0 saturated carbocycles. The summed E-state index contributed by atoms with van der Waals surface area (Å²) in [5.74, 6) is -0.436. The first kappa shape index (κ1) is 64.0. The van der Waals surface area contributed by atoms with Gasteiger partial charge in [-0.1, -0.05) is 182 Å². The van der Waals surface area contributed by atoms with Crippen molar-refractivity contribution in [3.63, 3.8) is 0 Å². The third-order valence-corrected chi connectivity index (χ3v) is 11.9. The van der Waals surface area contributed by atoms with Crippen LogP contribution < -0.4 is 0 Å². The Morgan fingerprint density at radius 3 is 1.48 bits per heavy atom. The van der Waals surface area contributed by atoms with Crippen molar-refractivity contribution < 1.29 is 56.2 Å². The number of esters is 1. The molecule has 0 aromatic rings. The second kappa shape index (κ2) is 46.1. The Kier molecular flexibility index (Phi) is 42.8. The van der Waals surface area contributed by atoms with Gasteiger partial charge in [0.05, 0.1) is 19.8 Å². The minimum absolute atomic E-state index is 0.0122. The lowest BCUT2D eigenvalue weighted by Crippen LogP contribution is -2.60. The highest BCUT2D eigenvalue weighted by Gasteiger charge is 2.48. The van der Waals surface area contributed by atoms with Gasteiger partial charge in [-0.2, -0.15) is 8.42 Å². The van der Waals surface area contributed by atoms with Gasteiger partial charge in [0, 0.05) is 13.0 Å². The molecule has 0 aromatic carbocycles. The number of aliphatic hydroxyl groups excluding tert-OH is 3. The molecule has 6 unspecified atom stereocenters. The van der Waals surface area contributed by atoms with Gasteiger partial charge in [-0.05, 0) is 96.3 Å². The molecule has 1 aliphatic rings. The van der Waals surface area contributed by atoms with Crippen LogP contribution in [0.15, 0.2) is 97.2 Å². The molecule has 6 atom stereocenters. The fourth-order valence-electron chi connectivity index (χ4n) is 7.47. The quantitative estimate of drug-likeness (QED) is 0.0197. The highest BCUT2D eigenvalue weighted by molar-refractivity contribution is 7.80. The summed E-state index contributed by atoms with van der Waals surface area (Å²) in [6, 6.07) is 0. The molecule has 1 saturated heterocycles. The molecule has 0 bridgehead atoms. The Hall–Kier alpha value is -2.98. The number of ether oxygens (including phenoxy) is 4. The van der Waals surface area contributed by atoms with Gasteiger partial charge in [0.2, 0.25) is 0 Å². The summed E-state index contributed by atoms with van der Waals surface area (Å²) in [6.45, 7) is 3.81. The molecule has 12 nitrogen and oxygen atoms in total. The summed E-state index contributed by atoms with van der Waals surface area (Å²) in [5, 5.41) is 30.8. The van der Waals surface area contributed by atoms with Crippen LogP contribution in [0.4, 0.5) is 0 Å². The summed E-state index contributed by atoms with van der Waals surface area (Å²) in [6.07, 6.45) is 54.4. The normalized spacial score (nSPS) is 20.0. The van der Waals surface area contributed by atoms with Gasteiger partial charge in [-0.15, -0.1) is 0 Å². The third-order valence-electron chi connectivity index (χ3n) is 11.4. The number of aliphatic hydroxyl groups is 3. The molecule has 0 amide bonds. The molecule has 1 rings (SSSR count). The standard InChI is InChI=1S/C56H94O12S/c1-3-5-7-9-11-13-15-17-19-21-22-23-24-25-26-27-28-29-31-33-35-37-39-41-43-45-52(58)66-50(49-65-56-54(60)55(68-69(61,62)63)53(59)51(47-57)67-56)48-64-46-44-42-40-38-36-34-32-30-20-18-16-14-12-10-8-6-4-2/h5,7,11,13,17,19-20,22-23,25-26,28-30,33,35,50-51,53-57,59-60H,3-4,6,8-10,12,14-16,18,21,24,27,31-32,34,36-49H2,1-2H3,(H,61,62,63)/b7-5-,13-11-,19-17-,23-22-,26-25-,29-28-,30-20-,35-33-. The average Bonchev–Trinajstić information content (AvgIpc) is 3.32. The Morgan fingerprint density at radius 1 is 0.565 bits per heavy atom. The lowest BCUT2D eigenvalue weighted by atomic mass is 9.99. The van der Waals surface area contributed by atoms with Crippen LogP contribution in [0, 0.1) is 0 Å². The predicted octanol–water partition coefficient (Wildman–Crippen LogP) is 12.6. The number of unbranched alkanes of at least 4 members (excludes halogenated alkanes) is 16. The van der Waals surface area contributed by atoms with E-state index in [1.807, 2.05) is 0 Å². The zero-order valence-corrected chi connectivity index (χ0v) is 43.4. The first-order valence-electron chi connectivity index (χ1n) is 26.5. The molecule has 69 heavy (non-hydrogen) atoms. The zero-order chi connectivity index (χ0) is 50.3. The van der Waals surface area contributed by atoms with Gasteiger partial charge < -0.3 is 34.3 Å². The maximum Gasteiger partial charge on any atom is 0.397 e. The van der Waals surface area contributed by atoms with Crippen molar-refractivity contribution in [2.75, 3.05) is 26.4 Å². The maximum atomic E-state index is 12.9. The largest absolute Gasteiger partial charge is 0.457 e. The van der Waals surface area contributed by atoms with Gasteiger partial charge in [0.15, 0.2) is 6.29 Å².